The van der Waals surface area contributed by atoms with E-state index in [2.05, 4.69) is 0 Å². The average Bonchev–Trinajstić information content (AvgIpc) is 2.22. The van der Waals surface area contributed by atoms with Crippen LogP contribution in [0.1, 0.15) is 32.8 Å². The Morgan fingerprint density at radius 2 is 1.06 bits per heavy atom. The van der Waals surface area contributed by atoms with E-state index in [-0.39, 0.29) is 11.8 Å². The number of rotatable bonds is 2. The van der Waals surface area contributed by atoms with E-state index in [9.17, 15) is 22.0 Å². The first kappa shape index (κ1) is 13.9. The van der Waals surface area contributed by atoms with Gasteiger partial charge in [0.25, 0.3) is 0 Å². The molecular weight excluding hydrogens is 239 g/mol. The summed E-state index contributed by atoms with van der Waals surface area (Å²) in [5.41, 5.74) is -0.989. The van der Waals surface area contributed by atoms with Gasteiger partial charge in [-0.2, -0.15) is 0 Å². The summed E-state index contributed by atoms with van der Waals surface area (Å²) >= 11 is 0. The lowest BCUT2D eigenvalue weighted by Crippen LogP contribution is -2.12. The zero-order valence-corrected chi connectivity index (χ0v) is 9.80. The van der Waals surface area contributed by atoms with Gasteiger partial charge in [-0.3, -0.25) is 0 Å². The smallest absolute Gasteiger partial charge is 0.200 e. The van der Waals surface area contributed by atoms with Crippen LogP contribution in [0.5, 0.6) is 0 Å². The summed E-state index contributed by atoms with van der Waals surface area (Å²) in [4.78, 5) is 0. The summed E-state index contributed by atoms with van der Waals surface area (Å²) in [6.07, 6.45) is 0.140. The molecule has 1 aromatic carbocycles. The zero-order valence-electron chi connectivity index (χ0n) is 9.80. The molecule has 0 nitrogen and oxygen atoms in total. The quantitative estimate of drug-likeness (QED) is 0.417. The molecule has 0 atom stereocenters. The molecule has 0 aliphatic heterocycles. The fraction of sp³-hybridized carbons (Fsp3) is 0.500. The maximum atomic E-state index is 13.3. The SMILES string of the molecule is CC(C)(C)CCc1c(F)c(F)c(F)c(F)c1F. The Hall–Kier alpha value is -1.13. The van der Waals surface area contributed by atoms with Crippen molar-refractivity contribution < 1.29 is 22.0 Å². The number of hydrogen-bond donors (Lipinski definition) is 0. The van der Waals surface area contributed by atoms with Gasteiger partial charge in [-0.1, -0.05) is 20.8 Å². The molecule has 0 N–H and O–H groups in total. The fourth-order valence-corrected chi connectivity index (χ4v) is 1.37. The van der Waals surface area contributed by atoms with Crippen molar-refractivity contribution in [1.29, 1.82) is 0 Å². The molecule has 0 radical (unpaired) electrons. The summed E-state index contributed by atoms with van der Waals surface area (Å²) in [7, 11) is 0. The van der Waals surface area contributed by atoms with Crippen molar-refractivity contribution in [2.45, 2.75) is 33.6 Å². The second-order valence-electron chi connectivity index (χ2n) is 5.11. The highest BCUT2D eigenvalue weighted by atomic mass is 19.2. The van der Waals surface area contributed by atoms with Crippen molar-refractivity contribution in [3.63, 3.8) is 0 Å². The second-order valence-corrected chi connectivity index (χ2v) is 5.11. The van der Waals surface area contributed by atoms with Gasteiger partial charge in [0.2, 0.25) is 5.82 Å². The molecular formula is C12H13F5. The lowest BCUT2D eigenvalue weighted by Gasteiger charge is -2.18. The summed E-state index contributed by atoms with van der Waals surface area (Å²) in [5, 5.41) is 0. The van der Waals surface area contributed by atoms with Crippen molar-refractivity contribution in [1.82, 2.24) is 0 Å². The molecule has 5 heteroatoms. The third-order valence-corrected chi connectivity index (χ3v) is 2.43. The van der Waals surface area contributed by atoms with Crippen LogP contribution in [0.2, 0.25) is 0 Å². The Kier molecular flexibility index (Phi) is 3.79. The van der Waals surface area contributed by atoms with Crippen LogP contribution in [-0.2, 0) is 6.42 Å². The second kappa shape index (κ2) is 4.63. The highest BCUT2D eigenvalue weighted by Gasteiger charge is 2.26. The summed E-state index contributed by atoms with van der Waals surface area (Å²) in [6, 6.07) is 0. The summed E-state index contributed by atoms with van der Waals surface area (Å²) in [6.45, 7) is 5.46. The van der Waals surface area contributed by atoms with E-state index in [4.69, 9.17) is 0 Å². The first-order valence-corrected chi connectivity index (χ1v) is 5.15. The molecule has 0 heterocycles. The van der Waals surface area contributed by atoms with E-state index in [1.807, 2.05) is 20.8 Å². The Bertz CT molecular complexity index is 402. The van der Waals surface area contributed by atoms with Crippen LogP contribution in [0.15, 0.2) is 0 Å². The highest BCUT2D eigenvalue weighted by molar-refractivity contribution is 5.24. The van der Waals surface area contributed by atoms with Crippen molar-refractivity contribution >= 4 is 0 Å². The van der Waals surface area contributed by atoms with Crippen LogP contribution in [0.3, 0.4) is 0 Å². The molecule has 1 aromatic rings. The van der Waals surface area contributed by atoms with E-state index in [1.54, 1.807) is 0 Å². The first-order valence-electron chi connectivity index (χ1n) is 5.15. The fourth-order valence-electron chi connectivity index (χ4n) is 1.37. The minimum Gasteiger partial charge on any atom is -0.203 e. The minimum atomic E-state index is -2.11. The Morgan fingerprint density at radius 1 is 0.706 bits per heavy atom. The van der Waals surface area contributed by atoms with Gasteiger partial charge in [0, 0.05) is 5.56 Å². The third kappa shape index (κ3) is 2.96. The van der Waals surface area contributed by atoms with Crippen LogP contribution in [0, 0.1) is 34.5 Å². The molecule has 1 rings (SSSR count). The predicted molar refractivity (Wildman–Crippen MR) is 54.0 cm³/mol. The minimum absolute atomic E-state index is 0.185. The molecule has 0 aromatic heterocycles. The largest absolute Gasteiger partial charge is 0.203 e. The maximum absolute atomic E-state index is 13.3. The topological polar surface area (TPSA) is 0 Å². The lowest BCUT2D eigenvalue weighted by molar-refractivity contribution is 0.347. The zero-order chi connectivity index (χ0) is 13.4. The standard InChI is InChI=1S/C12H13F5/c1-12(2,3)5-4-6-7(13)9(15)11(17)10(16)8(6)14/h4-5H2,1-3H3. The molecule has 0 aliphatic rings. The van der Waals surface area contributed by atoms with E-state index in [1.165, 1.54) is 0 Å². The highest BCUT2D eigenvalue weighted by Crippen LogP contribution is 2.27. The molecule has 0 unspecified atom stereocenters. The summed E-state index contributed by atoms with van der Waals surface area (Å²) in [5.74, 6) is -9.34. The van der Waals surface area contributed by atoms with Crippen LogP contribution in [-0.4, -0.2) is 0 Å². The van der Waals surface area contributed by atoms with Gasteiger partial charge in [0.1, 0.15) is 0 Å². The van der Waals surface area contributed by atoms with Crippen molar-refractivity contribution in [3.8, 4) is 0 Å². The van der Waals surface area contributed by atoms with Gasteiger partial charge in [-0.25, -0.2) is 22.0 Å². The van der Waals surface area contributed by atoms with Gasteiger partial charge >= 0.3 is 0 Å². The van der Waals surface area contributed by atoms with Crippen molar-refractivity contribution in [2.75, 3.05) is 0 Å². The number of hydrogen-bond acceptors (Lipinski definition) is 0. The van der Waals surface area contributed by atoms with Crippen molar-refractivity contribution in [3.05, 3.63) is 34.6 Å². The van der Waals surface area contributed by atoms with Crippen molar-refractivity contribution in [2.24, 2.45) is 5.41 Å². The Morgan fingerprint density at radius 3 is 1.41 bits per heavy atom. The average molecular weight is 252 g/mol. The summed E-state index contributed by atoms with van der Waals surface area (Å²) < 4.78 is 65.0. The molecule has 0 bridgehead atoms. The monoisotopic (exact) mass is 252 g/mol. The van der Waals surface area contributed by atoms with Gasteiger partial charge in [0.15, 0.2) is 23.3 Å². The third-order valence-electron chi connectivity index (χ3n) is 2.43. The molecule has 96 valence electrons. The number of halogens is 5. The molecule has 0 aliphatic carbocycles. The van der Waals surface area contributed by atoms with E-state index in [0.717, 1.165) is 0 Å². The lowest BCUT2D eigenvalue weighted by atomic mass is 9.88. The van der Waals surface area contributed by atoms with Gasteiger partial charge in [-0.15, -0.1) is 0 Å². The molecule has 0 saturated carbocycles. The van der Waals surface area contributed by atoms with Crippen LogP contribution >= 0.6 is 0 Å². The molecule has 0 saturated heterocycles. The normalized spacial score (nSPS) is 12.0. The number of benzene rings is 1. The first-order chi connectivity index (χ1) is 7.65. The van der Waals surface area contributed by atoms with Crippen LogP contribution < -0.4 is 0 Å². The molecule has 0 amide bonds. The molecule has 0 fully saturated rings. The van der Waals surface area contributed by atoms with Gasteiger partial charge in [0.05, 0.1) is 0 Å². The Balaban J connectivity index is 3.16. The predicted octanol–water partition coefficient (Wildman–Crippen LogP) is 4.36. The van der Waals surface area contributed by atoms with Gasteiger partial charge in [-0.05, 0) is 18.3 Å². The van der Waals surface area contributed by atoms with E-state index >= 15 is 0 Å². The Labute approximate surface area is 96.4 Å². The molecule has 0 spiro atoms. The van der Waals surface area contributed by atoms with Gasteiger partial charge < -0.3 is 0 Å². The van der Waals surface area contributed by atoms with E-state index < -0.39 is 34.6 Å². The van der Waals surface area contributed by atoms with E-state index in [0.29, 0.717) is 6.42 Å². The van der Waals surface area contributed by atoms with Crippen LogP contribution in [0.4, 0.5) is 22.0 Å². The maximum Gasteiger partial charge on any atom is 0.200 e. The molecule has 17 heavy (non-hydrogen) atoms. The van der Waals surface area contributed by atoms with Crippen LogP contribution in [0.25, 0.3) is 0 Å².